The van der Waals surface area contributed by atoms with Crippen LogP contribution >= 0.6 is 0 Å². The fraction of sp³-hybridized carbons (Fsp3) is 0.194. The van der Waals surface area contributed by atoms with Crippen molar-refractivity contribution in [2.45, 2.75) is 20.3 Å². The molecular formula is C31H28N2O4. The number of ether oxygens (including phenoxy) is 3. The van der Waals surface area contributed by atoms with Gasteiger partial charge in [-0.25, -0.2) is 4.79 Å². The molecule has 0 radical (unpaired) electrons. The van der Waals surface area contributed by atoms with E-state index in [1.807, 2.05) is 55.5 Å². The molecule has 0 aliphatic heterocycles. The Bertz CT molecular complexity index is 1340. The summed E-state index contributed by atoms with van der Waals surface area (Å²) in [4.78, 5) is 11.4. The van der Waals surface area contributed by atoms with Crippen LogP contribution in [0, 0.1) is 22.7 Å². The predicted octanol–water partition coefficient (Wildman–Crippen LogP) is 6.60. The van der Waals surface area contributed by atoms with Crippen molar-refractivity contribution in [3.63, 3.8) is 0 Å². The molecule has 3 aromatic rings. The van der Waals surface area contributed by atoms with E-state index in [2.05, 4.69) is 18.7 Å². The fourth-order valence-electron chi connectivity index (χ4n) is 3.52. The maximum Gasteiger partial charge on any atom is 0.333 e. The first-order chi connectivity index (χ1) is 18.0. The Hall–Kier alpha value is -4.81. The molecule has 0 saturated heterocycles. The van der Waals surface area contributed by atoms with Crippen LogP contribution in [0.3, 0.4) is 0 Å². The zero-order valence-corrected chi connectivity index (χ0v) is 21.0. The van der Waals surface area contributed by atoms with Crippen molar-refractivity contribution < 1.29 is 19.0 Å². The Morgan fingerprint density at radius 1 is 0.757 bits per heavy atom. The van der Waals surface area contributed by atoms with Gasteiger partial charge in [-0.2, -0.15) is 10.5 Å². The number of allylic oxidation sites excluding steroid dienone is 2. The van der Waals surface area contributed by atoms with Crippen LogP contribution in [-0.2, 0) is 9.53 Å². The summed E-state index contributed by atoms with van der Waals surface area (Å²) >= 11 is 0. The molecule has 0 bridgehead atoms. The molecular weight excluding hydrogens is 464 g/mol. The van der Waals surface area contributed by atoms with E-state index in [0.717, 1.165) is 16.9 Å². The quantitative estimate of drug-likeness (QED) is 0.0984. The molecule has 0 spiro atoms. The minimum absolute atomic E-state index is 0.279. The Balaban J connectivity index is 1.67. The summed E-state index contributed by atoms with van der Waals surface area (Å²) in [6.07, 6.45) is 0.582. The molecule has 0 aliphatic rings. The summed E-state index contributed by atoms with van der Waals surface area (Å²) in [5, 5.41) is 19.6. The van der Waals surface area contributed by atoms with Crippen molar-refractivity contribution >= 4 is 17.1 Å². The van der Waals surface area contributed by atoms with Crippen molar-refractivity contribution in [1.82, 2.24) is 0 Å². The highest BCUT2D eigenvalue weighted by Gasteiger charge is 2.12. The van der Waals surface area contributed by atoms with Crippen LogP contribution in [-0.4, -0.2) is 25.8 Å². The topological polar surface area (TPSA) is 92.3 Å². The first-order valence-corrected chi connectivity index (χ1v) is 11.9. The molecule has 0 fully saturated rings. The molecule has 0 amide bonds. The average molecular weight is 493 g/mol. The summed E-state index contributed by atoms with van der Waals surface area (Å²) < 4.78 is 16.2. The standard InChI is InChI=1S/C31H28N2O4/c1-4-35-27-16-12-26(13-17-27)30(21-33)29(20-32)25-8-6-23(7-9-25)24-10-14-28(15-11-24)36-18-5-19-37-31(34)22(2)3/h6-17H,2,4-5,18-19H2,1,3H3/b30-29+. The summed E-state index contributed by atoms with van der Waals surface area (Å²) in [5.41, 5.74) is 4.30. The molecule has 6 heteroatoms. The maximum absolute atomic E-state index is 11.4. The van der Waals surface area contributed by atoms with Crippen LogP contribution in [0.4, 0.5) is 0 Å². The number of hydrogen-bond acceptors (Lipinski definition) is 6. The van der Waals surface area contributed by atoms with Gasteiger partial charge in [0.25, 0.3) is 0 Å². The number of nitrogens with zero attached hydrogens (tertiary/aromatic N) is 2. The van der Waals surface area contributed by atoms with E-state index in [4.69, 9.17) is 14.2 Å². The highest BCUT2D eigenvalue weighted by Crippen LogP contribution is 2.29. The van der Waals surface area contributed by atoms with Gasteiger partial charge in [-0.1, -0.05) is 43.0 Å². The number of benzene rings is 3. The van der Waals surface area contributed by atoms with Gasteiger partial charge in [-0.3, -0.25) is 0 Å². The number of hydrogen-bond donors (Lipinski definition) is 0. The van der Waals surface area contributed by atoms with Crippen LogP contribution in [0.2, 0.25) is 0 Å². The molecule has 0 aromatic heterocycles. The van der Waals surface area contributed by atoms with E-state index < -0.39 is 5.97 Å². The van der Waals surface area contributed by atoms with Gasteiger partial charge in [0.05, 0.1) is 31.0 Å². The van der Waals surface area contributed by atoms with Gasteiger partial charge in [0.2, 0.25) is 0 Å². The van der Waals surface area contributed by atoms with Gasteiger partial charge in [0.1, 0.15) is 23.6 Å². The van der Waals surface area contributed by atoms with Crippen molar-refractivity contribution in [2.24, 2.45) is 0 Å². The normalized spacial score (nSPS) is 10.9. The fourth-order valence-corrected chi connectivity index (χ4v) is 3.52. The summed E-state index contributed by atoms with van der Waals surface area (Å²) in [5.74, 6) is 1.04. The largest absolute Gasteiger partial charge is 0.494 e. The van der Waals surface area contributed by atoms with Crippen LogP contribution < -0.4 is 9.47 Å². The van der Waals surface area contributed by atoms with E-state index in [0.29, 0.717) is 53.2 Å². The zero-order valence-electron chi connectivity index (χ0n) is 21.0. The second kappa shape index (κ2) is 13.3. The zero-order chi connectivity index (χ0) is 26.6. The third-order valence-corrected chi connectivity index (χ3v) is 5.43. The average Bonchev–Trinajstić information content (AvgIpc) is 2.92. The number of rotatable bonds is 11. The highest BCUT2D eigenvalue weighted by molar-refractivity contribution is 6.02. The smallest absolute Gasteiger partial charge is 0.333 e. The van der Waals surface area contributed by atoms with E-state index in [-0.39, 0.29) is 6.61 Å². The van der Waals surface area contributed by atoms with Gasteiger partial charge < -0.3 is 14.2 Å². The van der Waals surface area contributed by atoms with Crippen LogP contribution in [0.5, 0.6) is 11.5 Å². The summed E-state index contributed by atoms with van der Waals surface area (Å²) in [7, 11) is 0. The van der Waals surface area contributed by atoms with Crippen molar-refractivity contribution in [3.05, 3.63) is 96.1 Å². The van der Waals surface area contributed by atoms with Crippen LogP contribution in [0.1, 0.15) is 31.4 Å². The minimum Gasteiger partial charge on any atom is -0.494 e. The Labute approximate surface area is 217 Å². The Morgan fingerprint density at radius 2 is 1.22 bits per heavy atom. The molecule has 0 N–H and O–H groups in total. The molecule has 0 atom stereocenters. The number of nitriles is 2. The molecule has 3 aromatic carbocycles. The minimum atomic E-state index is -0.396. The van der Waals surface area contributed by atoms with Crippen LogP contribution in [0.15, 0.2) is 84.9 Å². The summed E-state index contributed by atoms with van der Waals surface area (Å²) in [6.45, 7) is 8.32. The van der Waals surface area contributed by atoms with Crippen molar-refractivity contribution in [1.29, 1.82) is 10.5 Å². The first-order valence-electron chi connectivity index (χ1n) is 11.9. The molecule has 0 heterocycles. The maximum atomic E-state index is 11.4. The van der Waals surface area contributed by atoms with Gasteiger partial charge in [0, 0.05) is 12.0 Å². The SMILES string of the molecule is C=C(C)C(=O)OCCCOc1ccc(-c2ccc(/C(C#N)=C(\C#N)c3ccc(OCC)cc3)cc2)cc1. The molecule has 6 nitrogen and oxygen atoms in total. The van der Waals surface area contributed by atoms with Gasteiger partial charge in [-0.15, -0.1) is 0 Å². The molecule has 186 valence electrons. The van der Waals surface area contributed by atoms with Crippen LogP contribution in [0.25, 0.3) is 22.3 Å². The number of carbonyl (C=O) groups is 1. The molecule has 0 unspecified atom stereocenters. The molecule has 3 rings (SSSR count). The lowest BCUT2D eigenvalue weighted by molar-refractivity contribution is -0.139. The van der Waals surface area contributed by atoms with Gasteiger partial charge in [-0.05, 0) is 72.5 Å². The second-order valence-corrected chi connectivity index (χ2v) is 8.15. The third-order valence-electron chi connectivity index (χ3n) is 5.43. The van der Waals surface area contributed by atoms with E-state index in [9.17, 15) is 15.3 Å². The lowest BCUT2D eigenvalue weighted by Gasteiger charge is -2.09. The van der Waals surface area contributed by atoms with Gasteiger partial charge in [0.15, 0.2) is 0 Å². The van der Waals surface area contributed by atoms with E-state index in [1.165, 1.54) is 0 Å². The predicted molar refractivity (Wildman–Crippen MR) is 143 cm³/mol. The van der Waals surface area contributed by atoms with Crippen molar-refractivity contribution in [2.75, 3.05) is 19.8 Å². The molecule has 0 aliphatic carbocycles. The second-order valence-electron chi connectivity index (χ2n) is 8.15. The molecule has 0 saturated carbocycles. The lowest BCUT2D eigenvalue weighted by atomic mass is 9.94. The van der Waals surface area contributed by atoms with E-state index in [1.54, 1.807) is 31.2 Å². The first kappa shape index (κ1) is 26.8. The van der Waals surface area contributed by atoms with E-state index >= 15 is 0 Å². The summed E-state index contributed by atoms with van der Waals surface area (Å²) in [6, 6.07) is 26.7. The monoisotopic (exact) mass is 492 g/mol. The number of esters is 1. The highest BCUT2D eigenvalue weighted by atomic mass is 16.5. The Kier molecular flexibility index (Phi) is 9.65. The molecule has 37 heavy (non-hydrogen) atoms. The van der Waals surface area contributed by atoms with Gasteiger partial charge >= 0.3 is 5.97 Å². The lowest BCUT2D eigenvalue weighted by Crippen LogP contribution is -2.09. The third kappa shape index (κ3) is 7.34. The van der Waals surface area contributed by atoms with Crippen molar-refractivity contribution in [3.8, 4) is 34.8 Å². The Morgan fingerprint density at radius 3 is 1.70 bits per heavy atom. The number of carbonyl (C=O) groups excluding carboxylic acids is 1.